The third-order valence-electron chi connectivity index (χ3n) is 4.49. The number of oxazole rings is 1. The molecule has 2 aromatic rings. The molecule has 1 N–H and O–H groups in total. The zero-order valence-electron chi connectivity index (χ0n) is 12.2. The number of aromatic nitrogens is 1. The first-order valence-electron chi connectivity index (χ1n) is 7.30. The van der Waals surface area contributed by atoms with Gasteiger partial charge in [-0.05, 0) is 30.9 Å². The number of hydrogen-bond donors (Lipinski definition) is 1. The molecule has 3 atom stereocenters. The first-order valence-corrected chi connectivity index (χ1v) is 7.30. The summed E-state index contributed by atoms with van der Waals surface area (Å²) in [6, 6.07) is 5.50. The molecule has 0 radical (unpaired) electrons. The van der Waals surface area contributed by atoms with Gasteiger partial charge in [0.15, 0.2) is 17.0 Å². The van der Waals surface area contributed by atoms with E-state index in [9.17, 15) is 9.90 Å². The smallest absolute Gasteiger partial charge is 0.307 e. The summed E-state index contributed by atoms with van der Waals surface area (Å²) in [6.45, 7) is 2.10. The zero-order valence-corrected chi connectivity index (χ0v) is 12.2. The van der Waals surface area contributed by atoms with E-state index in [0.29, 0.717) is 35.1 Å². The molecule has 0 aliphatic heterocycles. The number of carboxylic acids is 1. The largest absolute Gasteiger partial charge is 0.494 e. The van der Waals surface area contributed by atoms with Gasteiger partial charge < -0.3 is 14.3 Å². The molecule has 112 valence electrons. The Balaban J connectivity index is 2.01. The lowest BCUT2D eigenvalue weighted by atomic mass is 9.96. The second kappa shape index (κ2) is 5.39. The summed E-state index contributed by atoms with van der Waals surface area (Å²) in [5.41, 5.74) is 1.31. The van der Waals surface area contributed by atoms with Crippen LogP contribution in [-0.4, -0.2) is 23.2 Å². The van der Waals surface area contributed by atoms with Crippen LogP contribution in [0.3, 0.4) is 0 Å². The summed E-state index contributed by atoms with van der Waals surface area (Å²) in [7, 11) is 1.59. The average molecular weight is 289 g/mol. The Morgan fingerprint density at radius 1 is 1.48 bits per heavy atom. The zero-order chi connectivity index (χ0) is 15.0. The maximum atomic E-state index is 11.5. The van der Waals surface area contributed by atoms with Crippen LogP contribution >= 0.6 is 0 Å². The van der Waals surface area contributed by atoms with Gasteiger partial charge in [0.25, 0.3) is 0 Å². The van der Waals surface area contributed by atoms with Gasteiger partial charge in [0.1, 0.15) is 5.75 Å². The fraction of sp³-hybridized carbons (Fsp3) is 0.500. The number of fused-ring (bicyclic) bond motifs is 1. The number of methoxy groups -OCH3 is 1. The molecule has 0 saturated heterocycles. The van der Waals surface area contributed by atoms with Crippen molar-refractivity contribution in [3.05, 3.63) is 24.1 Å². The molecule has 0 bridgehead atoms. The monoisotopic (exact) mass is 289 g/mol. The lowest BCUT2D eigenvalue weighted by Crippen LogP contribution is -2.17. The van der Waals surface area contributed by atoms with Crippen molar-refractivity contribution in [2.24, 2.45) is 11.8 Å². The van der Waals surface area contributed by atoms with Gasteiger partial charge in [0, 0.05) is 5.92 Å². The molecule has 1 aliphatic carbocycles. The molecule has 0 spiro atoms. The van der Waals surface area contributed by atoms with E-state index < -0.39 is 11.9 Å². The van der Waals surface area contributed by atoms with Crippen LogP contribution in [0.4, 0.5) is 0 Å². The predicted octanol–water partition coefficient (Wildman–Crippen LogP) is 3.44. The van der Waals surface area contributed by atoms with Crippen LogP contribution in [0.2, 0.25) is 0 Å². The summed E-state index contributed by atoms with van der Waals surface area (Å²) >= 11 is 0. The highest BCUT2D eigenvalue weighted by Crippen LogP contribution is 2.45. The number of aliphatic carboxylic acids is 1. The fourth-order valence-corrected chi connectivity index (χ4v) is 3.29. The number of ether oxygens (including phenoxy) is 1. The van der Waals surface area contributed by atoms with Gasteiger partial charge in [-0.3, -0.25) is 4.79 Å². The number of benzene rings is 1. The van der Waals surface area contributed by atoms with Gasteiger partial charge in [-0.1, -0.05) is 19.4 Å². The van der Waals surface area contributed by atoms with Crippen molar-refractivity contribution in [3.8, 4) is 5.75 Å². The average Bonchev–Trinajstić information content (AvgIpc) is 3.09. The number of para-hydroxylation sites is 1. The van der Waals surface area contributed by atoms with Crippen LogP contribution in [0.1, 0.15) is 38.0 Å². The van der Waals surface area contributed by atoms with Crippen LogP contribution in [0.15, 0.2) is 22.6 Å². The quantitative estimate of drug-likeness (QED) is 0.933. The molecule has 5 nitrogen and oxygen atoms in total. The number of nitrogens with zero attached hydrogens (tertiary/aromatic N) is 1. The Labute approximate surface area is 122 Å². The van der Waals surface area contributed by atoms with Crippen molar-refractivity contribution < 1.29 is 19.1 Å². The van der Waals surface area contributed by atoms with E-state index in [1.807, 2.05) is 18.2 Å². The number of hydrogen-bond acceptors (Lipinski definition) is 4. The van der Waals surface area contributed by atoms with Crippen LogP contribution in [0.5, 0.6) is 5.75 Å². The molecular weight excluding hydrogens is 270 g/mol. The Bertz CT molecular complexity index is 663. The van der Waals surface area contributed by atoms with E-state index in [4.69, 9.17) is 9.15 Å². The van der Waals surface area contributed by atoms with E-state index in [0.717, 1.165) is 12.8 Å². The highest BCUT2D eigenvalue weighted by Gasteiger charge is 2.41. The Morgan fingerprint density at radius 2 is 2.29 bits per heavy atom. The molecule has 0 amide bonds. The van der Waals surface area contributed by atoms with Gasteiger partial charge in [0.2, 0.25) is 0 Å². The van der Waals surface area contributed by atoms with Gasteiger partial charge in [-0.15, -0.1) is 0 Å². The summed E-state index contributed by atoms with van der Waals surface area (Å²) in [6.07, 6.45) is 2.51. The van der Waals surface area contributed by atoms with Crippen LogP contribution in [0.25, 0.3) is 11.1 Å². The van der Waals surface area contributed by atoms with Gasteiger partial charge >= 0.3 is 5.97 Å². The van der Waals surface area contributed by atoms with Crippen LogP contribution < -0.4 is 4.74 Å². The lowest BCUT2D eigenvalue weighted by molar-refractivity contribution is -0.142. The van der Waals surface area contributed by atoms with Gasteiger partial charge in [0.05, 0.1) is 13.0 Å². The summed E-state index contributed by atoms with van der Waals surface area (Å²) in [4.78, 5) is 16.0. The number of carbonyl (C=O) groups is 1. The topological polar surface area (TPSA) is 72.6 Å². The molecule has 1 heterocycles. The Hall–Kier alpha value is -2.04. The Morgan fingerprint density at radius 3 is 2.95 bits per heavy atom. The maximum absolute atomic E-state index is 11.5. The summed E-state index contributed by atoms with van der Waals surface area (Å²) in [5.74, 6) is 0.286. The van der Waals surface area contributed by atoms with Gasteiger partial charge in [-0.2, -0.15) is 0 Å². The van der Waals surface area contributed by atoms with Crippen LogP contribution in [0, 0.1) is 11.8 Å². The van der Waals surface area contributed by atoms with Crippen molar-refractivity contribution in [2.75, 3.05) is 7.11 Å². The first-order chi connectivity index (χ1) is 10.1. The van der Waals surface area contributed by atoms with E-state index in [-0.39, 0.29) is 5.92 Å². The van der Waals surface area contributed by atoms with E-state index in [2.05, 4.69) is 11.9 Å². The predicted molar refractivity (Wildman–Crippen MR) is 77.4 cm³/mol. The standard InChI is InChI=1S/C16H19NO4/c1-3-9-7-10(11(8-9)16(18)19)15-17-14-12(20-2)5-4-6-13(14)21-15/h4-6,9-11H,3,7-8H2,1-2H3,(H,18,19). The van der Waals surface area contributed by atoms with Gasteiger partial charge in [-0.25, -0.2) is 4.98 Å². The third-order valence-corrected chi connectivity index (χ3v) is 4.49. The molecule has 1 aliphatic rings. The minimum atomic E-state index is -0.759. The molecule has 21 heavy (non-hydrogen) atoms. The highest BCUT2D eigenvalue weighted by molar-refractivity contribution is 5.80. The highest BCUT2D eigenvalue weighted by atomic mass is 16.5. The maximum Gasteiger partial charge on any atom is 0.307 e. The van der Waals surface area contributed by atoms with E-state index in [1.165, 1.54) is 0 Å². The Kier molecular flexibility index (Phi) is 3.57. The van der Waals surface area contributed by atoms with E-state index in [1.54, 1.807) is 7.11 Å². The molecule has 3 unspecified atom stereocenters. The van der Waals surface area contributed by atoms with Crippen molar-refractivity contribution in [2.45, 2.75) is 32.1 Å². The number of carboxylic acid groups (broad SMARTS) is 1. The number of rotatable bonds is 4. The second-order valence-electron chi connectivity index (χ2n) is 5.66. The molecular formula is C16H19NO4. The molecule has 1 aromatic heterocycles. The second-order valence-corrected chi connectivity index (χ2v) is 5.66. The molecule has 1 fully saturated rings. The third kappa shape index (κ3) is 2.37. The summed E-state index contributed by atoms with van der Waals surface area (Å²) < 4.78 is 11.1. The van der Waals surface area contributed by atoms with Crippen molar-refractivity contribution in [1.29, 1.82) is 0 Å². The van der Waals surface area contributed by atoms with Crippen molar-refractivity contribution >= 4 is 17.1 Å². The van der Waals surface area contributed by atoms with E-state index >= 15 is 0 Å². The molecule has 1 saturated carbocycles. The molecule has 5 heteroatoms. The minimum Gasteiger partial charge on any atom is -0.494 e. The van der Waals surface area contributed by atoms with Crippen molar-refractivity contribution in [1.82, 2.24) is 4.98 Å². The minimum absolute atomic E-state index is 0.149. The first kappa shape index (κ1) is 13.9. The molecule has 1 aromatic carbocycles. The molecule has 3 rings (SSSR count). The summed E-state index contributed by atoms with van der Waals surface area (Å²) in [5, 5.41) is 9.44. The van der Waals surface area contributed by atoms with Crippen LogP contribution in [-0.2, 0) is 4.79 Å². The fourth-order valence-electron chi connectivity index (χ4n) is 3.29. The van der Waals surface area contributed by atoms with Crippen molar-refractivity contribution in [3.63, 3.8) is 0 Å². The SMILES string of the molecule is CCC1CC(C(=O)O)C(c2nc3c(OC)cccc3o2)C1. The normalized spacial score (nSPS) is 25.3. The lowest BCUT2D eigenvalue weighted by Gasteiger charge is -2.10.